The minimum atomic E-state index is -3.96. The Hall–Kier alpha value is -0.330. The summed E-state index contributed by atoms with van der Waals surface area (Å²) < 4.78 is 48.7. The smallest absolute Gasteiger partial charge is 0.332 e. The van der Waals surface area contributed by atoms with Gasteiger partial charge in [-0.1, -0.05) is 0 Å². The zero-order valence-electron chi connectivity index (χ0n) is 13.3. The molecule has 1 aromatic carbocycles. The Balaban J connectivity index is 3.59. The quantitative estimate of drug-likeness (QED) is 0.408. The molecule has 12 heteroatoms. The molecule has 0 radical (unpaired) electrons. The summed E-state index contributed by atoms with van der Waals surface area (Å²) in [7, 11) is -4.34. The van der Waals surface area contributed by atoms with Gasteiger partial charge in [-0.3, -0.25) is 4.57 Å². The van der Waals surface area contributed by atoms with Crippen LogP contribution in [0, 0.1) is 0 Å². The Kier molecular flexibility index (Phi) is 7.57. The summed E-state index contributed by atoms with van der Waals surface area (Å²) in [6.07, 6.45) is -0.452. The molecule has 0 heterocycles. The minimum absolute atomic E-state index is 0.0399. The first-order valence-electron chi connectivity index (χ1n) is 6.60. The Morgan fingerprint density at radius 3 is 1.71 bits per heavy atom. The van der Waals surface area contributed by atoms with E-state index in [1.807, 2.05) is 0 Å². The van der Waals surface area contributed by atoms with Gasteiger partial charge in [0.2, 0.25) is 11.1 Å². The molecule has 0 saturated carbocycles. The summed E-state index contributed by atoms with van der Waals surface area (Å²) >= 11 is 0. The zero-order chi connectivity index (χ0) is 18.6. The average Bonchev–Trinajstić information content (AvgIpc) is 2.59. The van der Waals surface area contributed by atoms with Crippen molar-refractivity contribution in [2.24, 2.45) is 0 Å². The van der Waals surface area contributed by atoms with E-state index in [2.05, 4.69) is 4.52 Å². The molecule has 3 N–H and O–H groups in total. The highest BCUT2D eigenvalue weighted by Crippen LogP contribution is 2.46. The van der Waals surface area contributed by atoms with Crippen LogP contribution in [0.5, 0.6) is 0 Å². The third kappa shape index (κ3) is 4.85. The first kappa shape index (κ1) is 21.7. The maximum absolute atomic E-state index is 11.8. The molecule has 0 spiro atoms. The second-order valence-corrected chi connectivity index (χ2v) is 8.93. The van der Waals surface area contributed by atoms with Crippen LogP contribution in [0.3, 0.4) is 0 Å². The van der Waals surface area contributed by atoms with E-state index in [4.69, 9.17) is 9.47 Å². The fourth-order valence-corrected chi connectivity index (χ4v) is 3.53. The third-order valence-electron chi connectivity index (χ3n) is 3.43. The second-order valence-electron chi connectivity index (χ2n) is 4.93. The lowest BCUT2D eigenvalue weighted by Gasteiger charge is -2.26. The molecule has 0 saturated heterocycles. The minimum Gasteiger partial charge on any atom is -0.356 e. The van der Waals surface area contributed by atoms with E-state index in [1.165, 1.54) is 18.2 Å². The fraction of sp³-hybridized carbons (Fsp3) is 0.500. The number of hydrogen-bond donors (Lipinski definition) is 3. The van der Waals surface area contributed by atoms with Crippen molar-refractivity contribution in [1.29, 1.82) is 0 Å². The van der Waals surface area contributed by atoms with Gasteiger partial charge in [0.25, 0.3) is 0 Å². The molecule has 24 heavy (non-hydrogen) atoms. The molecular weight excluding hydrogens is 381 g/mol. The SMILES string of the molecule is COC(O)([PH2]=O)c1cc(CP(=O)(O)OC)cc(C(O)(OC)[PH2]=O)c1. The average molecular weight is 402 g/mol. The number of rotatable bonds is 9. The summed E-state index contributed by atoms with van der Waals surface area (Å²) in [5.74, 6) is 0. The lowest BCUT2D eigenvalue weighted by Crippen LogP contribution is -2.25. The van der Waals surface area contributed by atoms with Gasteiger partial charge in [-0.25, -0.2) is 0 Å². The van der Waals surface area contributed by atoms with Gasteiger partial charge in [0.1, 0.15) is 16.9 Å². The lowest BCUT2D eigenvalue weighted by molar-refractivity contribution is -0.123. The van der Waals surface area contributed by atoms with Crippen LogP contribution in [0.4, 0.5) is 0 Å². The molecule has 1 aromatic rings. The number of aliphatic hydroxyl groups is 2. The topological polar surface area (TPSA) is 140 Å². The first-order chi connectivity index (χ1) is 11.1. The molecular formula is C12H21O9P3. The Bertz CT molecular complexity index is 627. The highest BCUT2D eigenvalue weighted by atomic mass is 31.2. The van der Waals surface area contributed by atoms with E-state index in [0.717, 1.165) is 21.3 Å². The molecule has 0 aliphatic rings. The third-order valence-corrected chi connectivity index (χ3v) is 6.54. The molecule has 0 aromatic heterocycles. The molecule has 9 nitrogen and oxygen atoms in total. The van der Waals surface area contributed by atoms with Gasteiger partial charge in [-0.05, 0) is 23.8 Å². The van der Waals surface area contributed by atoms with Gasteiger partial charge >= 0.3 is 7.60 Å². The van der Waals surface area contributed by atoms with Crippen LogP contribution < -0.4 is 0 Å². The van der Waals surface area contributed by atoms with Crippen molar-refractivity contribution in [2.75, 3.05) is 21.3 Å². The van der Waals surface area contributed by atoms with Crippen molar-refractivity contribution >= 4 is 24.5 Å². The van der Waals surface area contributed by atoms with Gasteiger partial charge < -0.3 is 38.2 Å². The monoisotopic (exact) mass is 402 g/mol. The maximum atomic E-state index is 11.8. The van der Waals surface area contributed by atoms with E-state index in [9.17, 15) is 28.8 Å². The lowest BCUT2D eigenvalue weighted by atomic mass is 10.0. The van der Waals surface area contributed by atoms with Crippen LogP contribution in [0.2, 0.25) is 0 Å². The van der Waals surface area contributed by atoms with Crippen LogP contribution in [-0.2, 0) is 44.9 Å². The van der Waals surface area contributed by atoms with E-state index in [1.54, 1.807) is 0 Å². The predicted octanol–water partition coefficient (Wildman–Crippen LogP) is 1.03. The van der Waals surface area contributed by atoms with Gasteiger partial charge in [0.15, 0.2) is 0 Å². The largest absolute Gasteiger partial charge is 0.356 e. The molecule has 0 amide bonds. The standard InChI is InChI=1S/C12H21O9P3/c1-19-11(13,22-15)9-4-8(7-24(17,18)21-3)5-10(6-9)12(14,20-2)23-16/h4-6,13-14H,7,22-23H2,1-3H3,(H,17,18). The summed E-state index contributed by atoms with van der Waals surface area (Å²) in [4.78, 5) is 9.63. The van der Waals surface area contributed by atoms with Crippen molar-refractivity contribution in [3.05, 3.63) is 34.9 Å². The van der Waals surface area contributed by atoms with Crippen LogP contribution in [-0.4, -0.2) is 36.4 Å². The van der Waals surface area contributed by atoms with E-state index in [-0.39, 0.29) is 16.7 Å². The summed E-state index contributed by atoms with van der Waals surface area (Å²) in [5, 5.41) is 20.5. The van der Waals surface area contributed by atoms with E-state index in [0.29, 0.717) is 0 Å². The van der Waals surface area contributed by atoms with Crippen LogP contribution in [0.15, 0.2) is 18.2 Å². The highest BCUT2D eigenvalue weighted by molar-refractivity contribution is 7.51. The first-order valence-corrected chi connectivity index (χ1v) is 10.5. The fourth-order valence-electron chi connectivity index (χ4n) is 1.96. The van der Waals surface area contributed by atoms with E-state index >= 15 is 0 Å². The summed E-state index contributed by atoms with van der Waals surface area (Å²) in [6, 6.07) is 3.79. The molecule has 1 rings (SSSR count). The number of hydrogen-bond acceptors (Lipinski definition) is 8. The summed E-state index contributed by atoms with van der Waals surface area (Å²) in [6.45, 7) is 0. The van der Waals surface area contributed by atoms with Gasteiger partial charge in [-0.2, -0.15) is 0 Å². The second kappa shape index (κ2) is 8.37. The van der Waals surface area contributed by atoms with Gasteiger partial charge in [0, 0.05) is 32.5 Å². The number of ether oxygens (including phenoxy) is 2. The predicted molar refractivity (Wildman–Crippen MR) is 89.6 cm³/mol. The van der Waals surface area contributed by atoms with Crippen molar-refractivity contribution in [3.8, 4) is 0 Å². The maximum Gasteiger partial charge on any atom is 0.332 e. The van der Waals surface area contributed by atoms with Gasteiger partial charge in [-0.15, -0.1) is 0 Å². The van der Waals surface area contributed by atoms with Crippen molar-refractivity contribution in [1.82, 2.24) is 0 Å². The normalized spacial score (nSPS) is 20.2. The van der Waals surface area contributed by atoms with E-state index < -0.39 is 41.7 Å². The van der Waals surface area contributed by atoms with Crippen molar-refractivity contribution in [3.63, 3.8) is 0 Å². The Morgan fingerprint density at radius 1 is 1.00 bits per heavy atom. The van der Waals surface area contributed by atoms with Crippen molar-refractivity contribution < 1.29 is 42.8 Å². The Labute approximate surface area is 141 Å². The zero-order valence-corrected chi connectivity index (χ0v) is 16.5. The number of methoxy groups -OCH3 is 2. The molecule has 0 fully saturated rings. The molecule has 5 atom stereocenters. The van der Waals surface area contributed by atoms with Crippen molar-refractivity contribution in [2.45, 2.75) is 17.2 Å². The summed E-state index contributed by atoms with van der Waals surface area (Å²) in [5.41, 5.74) is -4.21. The molecule has 138 valence electrons. The van der Waals surface area contributed by atoms with Crippen LogP contribution >= 0.6 is 24.5 Å². The van der Waals surface area contributed by atoms with Crippen LogP contribution in [0.25, 0.3) is 0 Å². The number of benzene rings is 1. The Morgan fingerprint density at radius 2 is 1.42 bits per heavy atom. The van der Waals surface area contributed by atoms with Crippen LogP contribution in [0.1, 0.15) is 16.7 Å². The highest BCUT2D eigenvalue weighted by Gasteiger charge is 2.34. The van der Waals surface area contributed by atoms with Gasteiger partial charge in [0.05, 0.1) is 6.16 Å². The molecule has 0 aliphatic carbocycles. The molecule has 0 bridgehead atoms. The molecule has 5 unspecified atom stereocenters. The molecule has 0 aliphatic heterocycles.